The third-order valence-electron chi connectivity index (χ3n) is 6.47. The smallest absolute Gasteiger partial charge is 0.341 e. The third-order valence-corrected chi connectivity index (χ3v) is 7.61. The summed E-state index contributed by atoms with van der Waals surface area (Å²) in [5.41, 5.74) is 8.15. The van der Waals surface area contributed by atoms with Crippen molar-refractivity contribution in [2.24, 2.45) is 11.7 Å². The van der Waals surface area contributed by atoms with Gasteiger partial charge >= 0.3 is 5.97 Å². The second-order valence-corrected chi connectivity index (χ2v) is 9.98. The molecule has 0 bridgehead atoms. The molecule has 1 aromatic carbocycles. The number of nitrogens with zero attached hydrogens (tertiary/aromatic N) is 2. The van der Waals surface area contributed by atoms with Crippen molar-refractivity contribution in [3.8, 4) is 0 Å². The number of piperidine rings is 1. The SMILES string of the molecule is CCOC(=O)c1c(NC(=O)CN2CCC(C(N)=O)CC2)sc2c1CCN(Cc1ccccc1)C2. The molecule has 0 spiro atoms. The quantitative estimate of drug-likeness (QED) is 0.558. The number of amides is 2. The lowest BCUT2D eigenvalue weighted by Gasteiger charge is -2.29. The molecule has 0 saturated carbocycles. The van der Waals surface area contributed by atoms with Crippen LogP contribution in [0.4, 0.5) is 5.00 Å². The molecule has 3 heterocycles. The number of ether oxygens (including phenoxy) is 1. The average Bonchev–Trinajstić information content (AvgIpc) is 3.17. The summed E-state index contributed by atoms with van der Waals surface area (Å²) in [5, 5.41) is 3.55. The van der Waals surface area contributed by atoms with Crippen LogP contribution in [0.3, 0.4) is 0 Å². The molecule has 1 aromatic heterocycles. The Labute approximate surface area is 204 Å². The van der Waals surface area contributed by atoms with Gasteiger partial charge in [-0.15, -0.1) is 11.3 Å². The molecule has 3 N–H and O–H groups in total. The number of likely N-dealkylation sites (tertiary alicyclic amines) is 1. The molecule has 2 aliphatic rings. The van der Waals surface area contributed by atoms with Gasteiger partial charge in [0.2, 0.25) is 11.8 Å². The van der Waals surface area contributed by atoms with E-state index in [-0.39, 0.29) is 36.9 Å². The average molecular weight is 485 g/mol. The topological polar surface area (TPSA) is 105 Å². The van der Waals surface area contributed by atoms with E-state index in [1.807, 2.05) is 23.1 Å². The van der Waals surface area contributed by atoms with E-state index >= 15 is 0 Å². The van der Waals surface area contributed by atoms with Crippen molar-refractivity contribution < 1.29 is 19.1 Å². The molecule has 0 unspecified atom stereocenters. The molecule has 34 heavy (non-hydrogen) atoms. The van der Waals surface area contributed by atoms with Gasteiger partial charge in [-0.2, -0.15) is 0 Å². The van der Waals surface area contributed by atoms with Crippen LogP contribution in [0.1, 0.15) is 46.1 Å². The molecule has 2 amide bonds. The zero-order valence-electron chi connectivity index (χ0n) is 19.5. The second-order valence-electron chi connectivity index (χ2n) is 8.88. The van der Waals surface area contributed by atoms with Crippen molar-refractivity contribution in [2.45, 2.75) is 39.3 Å². The number of hydrogen-bond donors (Lipinski definition) is 2. The third kappa shape index (κ3) is 5.84. The first-order chi connectivity index (χ1) is 16.4. The maximum atomic E-state index is 12.8. The molecule has 1 fully saturated rings. The number of fused-ring (bicyclic) bond motifs is 1. The maximum Gasteiger partial charge on any atom is 0.341 e. The Kier molecular flexibility index (Phi) is 7.97. The van der Waals surface area contributed by atoms with Crippen LogP contribution in [0.25, 0.3) is 0 Å². The first-order valence-corrected chi connectivity index (χ1v) is 12.7. The Hall–Kier alpha value is -2.75. The van der Waals surface area contributed by atoms with Crippen molar-refractivity contribution in [3.05, 3.63) is 51.9 Å². The summed E-state index contributed by atoms with van der Waals surface area (Å²) in [4.78, 5) is 42.5. The number of carbonyl (C=O) groups excluding carboxylic acids is 3. The van der Waals surface area contributed by atoms with Crippen molar-refractivity contribution in [1.29, 1.82) is 0 Å². The largest absolute Gasteiger partial charge is 0.462 e. The molecule has 4 rings (SSSR count). The van der Waals surface area contributed by atoms with Gasteiger partial charge in [-0.25, -0.2) is 4.79 Å². The number of thiophene rings is 1. The van der Waals surface area contributed by atoms with Gasteiger partial charge in [0, 0.05) is 30.4 Å². The molecule has 0 aliphatic carbocycles. The molecule has 182 valence electrons. The summed E-state index contributed by atoms with van der Waals surface area (Å²) in [6.45, 7) is 6.01. The summed E-state index contributed by atoms with van der Waals surface area (Å²) in [6, 6.07) is 10.3. The Morgan fingerprint density at radius 2 is 1.85 bits per heavy atom. The minimum absolute atomic E-state index is 0.113. The molecule has 2 aliphatic heterocycles. The molecule has 0 radical (unpaired) electrons. The van der Waals surface area contributed by atoms with E-state index in [2.05, 4.69) is 22.3 Å². The van der Waals surface area contributed by atoms with Crippen LogP contribution in [-0.4, -0.2) is 60.4 Å². The highest BCUT2D eigenvalue weighted by molar-refractivity contribution is 7.17. The monoisotopic (exact) mass is 484 g/mol. The second kappa shape index (κ2) is 11.1. The summed E-state index contributed by atoms with van der Waals surface area (Å²) in [5.74, 6) is -0.928. The van der Waals surface area contributed by atoms with E-state index in [1.165, 1.54) is 16.9 Å². The highest BCUT2D eigenvalue weighted by Gasteiger charge is 2.30. The van der Waals surface area contributed by atoms with Gasteiger partial charge in [0.25, 0.3) is 0 Å². The van der Waals surface area contributed by atoms with Crippen LogP contribution in [0.15, 0.2) is 30.3 Å². The van der Waals surface area contributed by atoms with Gasteiger partial charge in [0.1, 0.15) is 5.00 Å². The summed E-state index contributed by atoms with van der Waals surface area (Å²) in [7, 11) is 0. The first-order valence-electron chi connectivity index (χ1n) is 11.8. The van der Waals surface area contributed by atoms with Crippen LogP contribution in [-0.2, 0) is 33.8 Å². The Morgan fingerprint density at radius 3 is 2.53 bits per heavy atom. The van der Waals surface area contributed by atoms with Crippen molar-refractivity contribution in [3.63, 3.8) is 0 Å². The van der Waals surface area contributed by atoms with Crippen molar-refractivity contribution in [2.75, 3.05) is 38.1 Å². The molecule has 9 heteroatoms. The van der Waals surface area contributed by atoms with Crippen LogP contribution in [0, 0.1) is 5.92 Å². The molecule has 1 saturated heterocycles. The zero-order chi connectivity index (χ0) is 24.1. The number of carbonyl (C=O) groups is 3. The highest BCUT2D eigenvalue weighted by atomic mass is 32.1. The van der Waals surface area contributed by atoms with E-state index in [0.29, 0.717) is 36.5 Å². The number of esters is 1. The zero-order valence-corrected chi connectivity index (χ0v) is 20.4. The fourth-order valence-corrected chi connectivity index (χ4v) is 5.98. The normalized spacial score (nSPS) is 17.2. The van der Waals surface area contributed by atoms with Crippen molar-refractivity contribution in [1.82, 2.24) is 9.80 Å². The molecular weight excluding hydrogens is 452 g/mol. The number of primary amides is 1. The van der Waals surface area contributed by atoms with Gasteiger partial charge in [0.15, 0.2) is 0 Å². The molecular formula is C25H32N4O4S. The summed E-state index contributed by atoms with van der Waals surface area (Å²) in [6.07, 6.45) is 2.08. The number of nitrogens with two attached hydrogens (primary N) is 1. The number of hydrogen-bond acceptors (Lipinski definition) is 7. The van der Waals surface area contributed by atoms with Crippen LogP contribution in [0.2, 0.25) is 0 Å². The minimum atomic E-state index is -0.380. The van der Waals surface area contributed by atoms with Crippen LogP contribution < -0.4 is 11.1 Å². The molecule has 0 atom stereocenters. The lowest BCUT2D eigenvalue weighted by atomic mass is 9.96. The number of benzene rings is 1. The minimum Gasteiger partial charge on any atom is -0.462 e. The summed E-state index contributed by atoms with van der Waals surface area (Å²) >= 11 is 1.47. The Balaban J connectivity index is 1.45. The van der Waals surface area contributed by atoms with E-state index in [9.17, 15) is 14.4 Å². The molecule has 2 aromatic rings. The number of rotatable bonds is 8. The fraction of sp³-hybridized carbons (Fsp3) is 0.480. The van der Waals surface area contributed by atoms with Gasteiger partial charge in [0.05, 0.1) is 18.7 Å². The standard InChI is InChI=1S/C25H32N4O4S/c1-2-33-25(32)22-19-10-13-29(14-17-6-4-3-5-7-17)15-20(19)34-24(22)27-21(30)16-28-11-8-18(9-12-28)23(26)31/h3-7,18H,2,8-16H2,1H3,(H2,26,31)(H,27,30). The van der Waals surface area contributed by atoms with Crippen molar-refractivity contribution >= 4 is 34.1 Å². The predicted molar refractivity (Wildman–Crippen MR) is 132 cm³/mol. The van der Waals surface area contributed by atoms with Gasteiger partial charge in [-0.1, -0.05) is 30.3 Å². The van der Waals surface area contributed by atoms with E-state index in [4.69, 9.17) is 10.5 Å². The first kappa shape index (κ1) is 24.4. The van der Waals surface area contributed by atoms with E-state index in [1.54, 1.807) is 6.92 Å². The maximum absolute atomic E-state index is 12.8. The van der Waals surface area contributed by atoms with Crippen LogP contribution in [0.5, 0.6) is 0 Å². The highest BCUT2D eigenvalue weighted by Crippen LogP contribution is 2.38. The lowest BCUT2D eigenvalue weighted by molar-refractivity contribution is -0.123. The fourth-order valence-electron chi connectivity index (χ4n) is 4.69. The van der Waals surface area contributed by atoms with Gasteiger partial charge in [-0.3, -0.25) is 19.4 Å². The number of nitrogens with one attached hydrogen (secondary N) is 1. The number of anilines is 1. The lowest BCUT2D eigenvalue weighted by Crippen LogP contribution is -2.42. The van der Waals surface area contributed by atoms with Crippen LogP contribution >= 0.6 is 11.3 Å². The van der Waals surface area contributed by atoms with Gasteiger partial charge in [-0.05, 0) is 50.4 Å². The molecule has 8 nitrogen and oxygen atoms in total. The van der Waals surface area contributed by atoms with E-state index in [0.717, 1.165) is 36.5 Å². The Bertz CT molecular complexity index is 1030. The Morgan fingerprint density at radius 1 is 1.12 bits per heavy atom. The predicted octanol–water partition coefficient (Wildman–Crippen LogP) is 2.62. The van der Waals surface area contributed by atoms with Gasteiger partial charge < -0.3 is 15.8 Å². The summed E-state index contributed by atoms with van der Waals surface area (Å²) < 4.78 is 5.33. The van der Waals surface area contributed by atoms with E-state index < -0.39 is 0 Å².